The highest BCUT2D eigenvalue weighted by Crippen LogP contribution is 2.31. The van der Waals surface area contributed by atoms with E-state index in [-0.39, 0.29) is 13.0 Å². The maximum atomic E-state index is 12.7. The molecule has 1 aliphatic heterocycles. The van der Waals surface area contributed by atoms with Crippen molar-refractivity contribution in [2.75, 3.05) is 13.1 Å². The molecule has 1 fully saturated rings. The molecular formula is C11H19F3N2O2. The predicted molar refractivity (Wildman–Crippen MR) is 60.2 cm³/mol. The minimum Gasteiger partial charge on any atom is -0.444 e. The highest BCUT2D eigenvalue weighted by Gasteiger charge is 2.46. The van der Waals surface area contributed by atoms with Crippen molar-refractivity contribution in [3.63, 3.8) is 0 Å². The molecule has 0 radical (unpaired) electrons. The zero-order chi connectivity index (χ0) is 14.0. The number of alkyl carbamates (subject to hydrolysis) is 1. The first kappa shape index (κ1) is 15.1. The Hall–Kier alpha value is -0.980. The maximum Gasteiger partial charge on any atom is 0.407 e. The van der Waals surface area contributed by atoms with Crippen LogP contribution in [0.15, 0.2) is 0 Å². The highest BCUT2D eigenvalue weighted by atomic mass is 19.4. The fourth-order valence-electron chi connectivity index (χ4n) is 1.83. The lowest BCUT2D eigenvalue weighted by Gasteiger charge is -2.34. The number of hydrogen-bond acceptors (Lipinski definition) is 3. The first-order chi connectivity index (χ1) is 8.09. The van der Waals surface area contributed by atoms with Gasteiger partial charge in [0.25, 0.3) is 0 Å². The monoisotopic (exact) mass is 268 g/mol. The Morgan fingerprint density at radius 2 is 1.94 bits per heavy atom. The quantitative estimate of drug-likeness (QED) is 0.765. The summed E-state index contributed by atoms with van der Waals surface area (Å²) in [5, 5.41) is 4.99. The third-order valence-corrected chi connectivity index (χ3v) is 2.60. The predicted octanol–water partition coefficient (Wildman–Crippen LogP) is 2.05. The number of piperidine rings is 1. The third kappa shape index (κ3) is 4.72. The van der Waals surface area contributed by atoms with E-state index in [1.54, 1.807) is 20.8 Å². The normalized spacial score (nSPS) is 25.7. The summed E-state index contributed by atoms with van der Waals surface area (Å²) in [5.41, 5.74) is -0.718. The molecule has 18 heavy (non-hydrogen) atoms. The largest absolute Gasteiger partial charge is 0.444 e. The SMILES string of the molecule is CC(C)(C)OC(=O)N[C@@H]1CCNC[C@H]1C(F)(F)F. The van der Waals surface area contributed by atoms with Gasteiger partial charge in [0.05, 0.1) is 5.92 Å². The van der Waals surface area contributed by atoms with Gasteiger partial charge < -0.3 is 15.4 Å². The number of amides is 1. The number of alkyl halides is 3. The van der Waals surface area contributed by atoms with Crippen LogP contribution in [-0.4, -0.2) is 37.0 Å². The molecule has 0 unspecified atom stereocenters. The van der Waals surface area contributed by atoms with Gasteiger partial charge in [-0.3, -0.25) is 0 Å². The molecular weight excluding hydrogens is 249 g/mol. The van der Waals surface area contributed by atoms with Crippen LogP contribution < -0.4 is 10.6 Å². The van der Waals surface area contributed by atoms with Crippen LogP contribution in [0.3, 0.4) is 0 Å². The van der Waals surface area contributed by atoms with Gasteiger partial charge in [0.2, 0.25) is 0 Å². The number of carbonyl (C=O) groups is 1. The molecule has 1 heterocycles. The van der Waals surface area contributed by atoms with Crippen LogP contribution in [0.4, 0.5) is 18.0 Å². The fourth-order valence-corrected chi connectivity index (χ4v) is 1.83. The summed E-state index contributed by atoms with van der Waals surface area (Å²) in [7, 11) is 0. The lowest BCUT2D eigenvalue weighted by molar-refractivity contribution is -0.184. The summed E-state index contributed by atoms with van der Waals surface area (Å²) in [6.45, 7) is 5.26. The Kier molecular flexibility index (Phi) is 4.47. The van der Waals surface area contributed by atoms with E-state index in [0.717, 1.165) is 0 Å². The highest BCUT2D eigenvalue weighted by molar-refractivity contribution is 5.68. The van der Waals surface area contributed by atoms with E-state index in [2.05, 4.69) is 10.6 Å². The van der Waals surface area contributed by atoms with Gasteiger partial charge >= 0.3 is 12.3 Å². The topological polar surface area (TPSA) is 50.4 Å². The lowest BCUT2D eigenvalue weighted by Crippen LogP contribution is -2.55. The number of ether oxygens (including phenoxy) is 1. The number of hydrogen-bond donors (Lipinski definition) is 2. The summed E-state index contributed by atoms with van der Waals surface area (Å²) in [5.74, 6) is -1.57. The van der Waals surface area contributed by atoms with Crippen LogP contribution in [0.1, 0.15) is 27.2 Å². The Balaban J connectivity index is 2.60. The van der Waals surface area contributed by atoms with Crippen molar-refractivity contribution < 1.29 is 22.7 Å². The minimum atomic E-state index is -4.33. The van der Waals surface area contributed by atoms with Gasteiger partial charge in [0, 0.05) is 12.6 Å². The van der Waals surface area contributed by atoms with E-state index in [4.69, 9.17) is 4.74 Å². The second-order valence-electron chi connectivity index (χ2n) is 5.39. The summed E-state index contributed by atoms with van der Waals surface area (Å²) < 4.78 is 43.2. The fraction of sp³-hybridized carbons (Fsp3) is 0.909. The van der Waals surface area contributed by atoms with Crippen molar-refractivity contribution >= 4 is 6.09 Å². The second-order valence-corrected chi connectivity index (χ2v) is 5.39. The first-order valence-corrected chi connectivity index (χ1v) is 5.86. The second kappa shape index (κ2) is 5.34. The van der Waals surface area contributed by atoms with Crippen LogP contribution in [0.5, 0.6) is 0 Å². The summed E-state index contributed by atoms with van der Waals surface area (Å²) in [6.07, 6.45) is -4.89. The van der Waals surface area contributed by atoms with Crippen molar-refractivity contribution in [1.29, 1.82) is 0 Å². The van der Waals surface area contributed by atoms with Crippen molar-refractivity contribution in [3.8, 4) is 0 Å². The molecule has 1 aliphatic rings. The zero-order valence-corrected chi connectivity index (χ0v) is 10.7. The Bertz CT molecular complexity index is 300. The van der Waals surface area contributed by atoms with E-state index < -0.39 is 29.8 Å². The van der Waals surface area contributed by atoms with Gasteiger partial charge in [-0.1, -0.05) is 0 Å². The number of halogens is 3. The van der Waals surface area contributed by atoms with Crippen LogP contribution >= 0.6 is 0 Å². The van der Waals surface area contributed by atoms with Crippen molar-refractivity contribution in [1.82, 2.24) is 10.6 Å². The summed E-state index contributed by atoms with van der Waals surface area (Å²) >= 11 is 0. The van der Waals surface area contributed by atoms with Crippen molar-refractivity contribution in [2.24, 2.45) is 5.92 Å². The van der Waals surface area contributed by atoms with Gasteiger partial charge in [-0.15, -0.1) is 0 Å². The van der Waals surface area contributed by atoms with Crippen LogP contribution in [0.2, 0.25) is 0 Å². The minimum absolute atomic E-state index is 0.177. The van der Waals surface area contributed by atoms with E-state index in [1.165, 1.54) is 0 Å². The van der Waals surface area contributed by atoms with Gasteiger partial charge in [-0.05, 0) is 33.7 Å². The smallest absolute Gasteiger partial charge is 0.407 e. The molecule has 0 spiro atoms. The van der Waals surface area contributed by atoms with Gasteiger partial charge in [-0.2, -0.15) is 13.2 Å². The molecule has 0 aromatic carbocycles. The molecule has 1 rings (SSSR count). The van der Waals surface area contributed by atoms with E-state index in [0.29, 0.717) is 6.54 Å². The third-order valence-electron chi connectivity index (χ3n) is 2.60. The molecule has 0 saturated carbocycles. The Labute approximate surface area is 104 Å². The molecule has 4 nitrogen and oxygen atoms in total. The molecule has 0 bridgehead atoms. The van der Waals surface area contributed by atoms with Crippen LogP contribution in [-0.2, 0) is 4.74 Å². The Morgan fingerprint density at radius 3 is 2.44 bits per heavy atom. The zero-order valence-electron chi connectivity index (χ0n) is 10.7. The van der Waals surface area contributed by atoms with Crippen molar-refractivity contribution in [3.05, 3.63) is 0 Å². The van der Waals surface area contributed by atoms with E-state index >= 15 is 0 Å². The van der Waals surface area contributed by atoms with Crippen LogP contribution in [0.25, 0.3) is 0 Å². The summed E-state index contributed by atoms with van der Waals surface area (Å²) in [6, 6.07) is -0.930. The molecule has 1 saturated heterocycles. The Morgan fingerprint density at radius 1 is 1.33 bits per heavy atom. The van der Waals surface area contributed by atoms with E-state index in [1.807, 2.05) is 0 Å². The van der Waals surface area contributed by atoms with Gasteiger partial charge in [0.1, 0.15) is 5.60 Å². The van der Waals surface area contributed by atoms with Gasteiger partial charge in [-0.25, -0.2) is 4.79 Å². The number of carbonyl (C=O) groups excluding carboxylic acids is 1. The summed E-state index contributed by atoms with van der Waals surface area (Å²) in [4.78, 5) is 11.5. The molecule has 2 atom stereocenters. The lowest BCUT2D eigenvalue weighted by atomic mass is 9.93. The molecule has 0 aromatic rings. The molecule has 0 aromatic heterocycles. The number of nitrogens with one attached hydrogen (secondary N) is 2. The average molecular weight is 268 g/mol. The molecule has 2 N–H and O–H groups in total. The number of rotatable bonds is 1. The molecule has 106 valence electrons. The average Bonchev–Trinajstić information content (AvgIpc) is 2.13. The molecule has 7 heteroatoms. The first-order valence-electron chi connectivity index (χ1n) is 5.86. The standard InChI is InChI=1S/C11H19F3N2O2/c1-10(2,3)18-9(17)16-8-4-5-15-6-7(8)11(12,13)14/h7-8,15H,4-6H2,1-3H3,(H,16,17)/t7-,8-/m1/s1. The van der Waals surface area contributed by atoms with Gasteiger partial charge in [0.15, 0.2) is 0 Å². The molecule has 1 amide bonds. The molecule has 0 aliphatic carbocycles. The van der Waals surface area contributed by atoms with Crippen LogP contribution in [0, 0.1) is 5.92 Å². The maximum absolute atomic E-state index is 12.7. The van der Waals surface area contributed by atoms with Crippen molar-refractivity contribution in [2.45, 2.75) is 45.0 Å². The van der Waals surface area contributed by atoms with E-state index in [9.17, 15) is 18.0 Å².